The second kappa shape index (κ2) is 3.21. The Balaban J connectivity index is 3.55. The van der Waals surface area contributed by atoms with Crippen molar-refractivity contribution in [3.63, 3.8) is 0 Å². The standard InChI is InChI=1S/C8H16N4O2S/c1-5-6(15(10,13)14)7(9)12(11-5)8(2,3)4/h9H2,1-4H3,(H2,10,13,14). The van der Waals surface area contributed by atoms with Gasteiger partial charge >= 0.3 is 0 Å². The van der Waals surface area contributed by atoms with Gasteiger partial charge in [0.25, 0.3) is 0 Å². The molecule has 0 amide bonds. The molecule has 1 aromatic heterocycles. The Kier molecular flexibility index (Phi) is 2.56. The fourth-order valence-electron chi connectivity index (χ4n) is 1.39. The van der Waals surface area contributed by atoms with E-state index in [1.54, 1.807) is 6.92 Å². The number of sulfonamides is 1. The number of aryl methyl sites for hydroxylation is 1. The van der Waals surface area contributed by atoms with Crippen molar-refractivity contribution in [2.24, 2.45) is 5.14 Å². The Morgan fingerprint density at radius 3 is 2.00 bits per heavy atom. The van der Waals surface area contributed by atoms with Crippen molar-refractivity contribution in [1.82, 2.24) is 9.78 Å². The SMILES string of the molecule is Cc1nn(C(C)(C)C)c(N)c1S(N)(=O)=O. The summed E-state index contributed by atoms with van der Waals surface area (Å²) in [5, 5.41) is 9.13. The predicted octanol–water partition coefficient (Wildman–Crippen LogP) is 0.176. The molecule has 15 heavy (non-hydrogen) atoms. The summed E-state index contributed by atoms with van der Waals surface area (Å²) < 4.78 is 24.0. The van der Waals surface area contributed by atoms with Crippen LogP contribution in [-0.4, -0.2) is 18.2 Å². The molecule has 0 aliphatic carbocycles. The third-order valence-corrected chi connectivity index (χ3v) is 3.03. The van der Waals surface area contributed by atoms with E-state index < -0.39 is 10.0 Å². The lowest BCUT2D eigenvalue weighted by molar-refractivity contribution is 0.360. The van der Waals surface area contributed by atoms with Crippen molar-refractivity contribution >= 4 is 15.8 Å². The number of aromatic nitrogens is 2. The molecular weight excluding hydrogens is 216 g/mol. The summed E-state index contributed by atoms with van der Waals surface area (Å²) in [7, 11) is -3.81. The monoisotopic (exact) mass is 232 g/mol. The molecule has 0 aliphatic rings. The van der Waals surface area contributed by atoms with Crippen LogP contribution in [0.15, 0.2) is 4.90 Å². The summed E-state index contributed by atoms with van der Waals surface area (Å²) in [5.41, 5.74) is 5.66. The lowest BCUT2D eigenvalue weighted by Gasteiger charge is -2.20. The lowest BCUT2D eigenvalue weighted by Crippen LogP contribution is -2.25. The largest absolute Gasteiger partial charge is 0.383 e. The third kappa shape index (κ3) is 2.13. The van der Waals surface area contributed by atoms with Crippen LogP contribution in [0.4, 0.5) is 5.82 Å². The molecular formula is C8H16N4O2S. The maximum atomic E-state index is 11.3. The number of nitrogens with two attached hydrogens (primary N) is 2. The van der Waals surface area contributed by atoms with Crippen LogP contribution in [0, 0.1) is 6.92 Å². The van der Waals surface area contributed by atoms with Crippen LogP contribution in [0.3, 0.4) is 0 Å². The van der Waals surface area contributed by atoms with E-state index in [1.807, 2.05) is 20.8 Å². The maximum Gasteiger partial charge on any atom is 0.243 e. The van der Waals surface area contributed by atoms with Crippen LogP contribution in [0.5, 0.6) is 0 Å². The first-order valence-corrected chi connectivity index (χ1v) is 5.98. The number of nitrogens with zero attached hydrogens (tertiary/aromatic N) is 2. The average Bonchev–Trinajstić information content (AvgIpc) is 2.22. The van der Waals surface area contributed by atoms with E-state index in [-0.39, 0.29) is 16.3 Å². The Labute approximate surface area is 89.3 Å². The van der Waals surface area contributed by atoms with Gasteiger partial charge in [0.2, 0.25) is 10.0 Å². The molecule has 0 saturated carbocycles. The van der Waals surface area contributed by atoms with Crippen LogP contribution >= 0.6 is 0 Å². The molecule has 86 valence electrons. The highest BCUT2D eigenvalue weighted by Crippen LogP contribution is 2.26. The Morgan fingerprint density at radius 2 is 1.80 bits per heavy atom. The molecule has 1 aromatic rings. The van der Waals surface area contributed by atoms with Gasteiger partial charge in [-0.15, -0.1) is 0 Å². The number of nitrogen functional groups attached to an aromatic ring is 1. The Bertz CT molecular complexity index is 481. The van der Waals surface area contributed by atoms with Gasteiger partial charge in [0.05, 0.1) is 11.2 Å². The smallest absolute Gasteiger partial charge is 0.243 e. The normalized spacial score (nSPS) is 13.1. The molecule has 6 nitrogen and oxygen atoms in total. The Morgan fingerprint density at radius 1 is 1.33 bits per heavy atom. The number of rotatable bonds is 1. The molecule has 0 fully saturated rings. The van der Waals surface area contributed by atoms with Crippen molar-refractivity contribution < 1.29 is 8.42 Å². The number of anilines is 1. The molecule has 0 unspecified atom stereocenters. The molecule has 0 aromatic carbocycles. The zero-order valence-corrected chi connectivity index (χ0v) is 10.1. The maximum absolute atomic E-state index is 11.3. The van der Waals surface area contributed by atoms with Crippen LogP contribution < -0.4 is 10.9 Å². The van der Waals surface area contributed by atoms with Crippen molar-refractivity contribution in [1.29, 1.82) is 0 Å². The minimum Gasteiger partial charge on any atom is -0.383 e. The number of primary sulfonamides is 1. The van der Waals surface area contributed by atoms with Gasteiger partial charge in [0.15, 0.2) is 0 Å². The van der Waals surface area contributed by atoms with E-state index >= 15 is 0 Å². The molecule has 1 heterocycles. The van der Waals surface area contributed by atoms with Gasteiger partial charge in [-0.1, -0.05) is 0 Å². The fourth-order valence-corrected chi connectivity index (χ4v) is 2.22. The van der Waals surface area contributed by atoms with E-state index in [0.29, 0.717) is 5.69 Å². The van der Waals surface area contributed by atoms with E-state index in [2.05, 4.69) is 5.10 Å². The van der Waals surface area contributed by atoms with Gasteiger partial charge in [-0.25, -0.2) is 18.2 Å². The highest BCUT2D eigenvalue weighted by Gasteiger charge is 2.26. The minimum absolute atomic E-state index is 0.0856. The third-order valence-electron chi connectivity index (χ3n) is 1.96. The molecule has 0 aliphatic heterocycles. The van der Waals surface area contributed by atoms with Crippen molar-refractivity contribution in [3.05, 3.63) is 5.69 Å². The molecule has 0 bridgehead atoms. The van der Waals surface area contributed by atoms with Gasteiger partial charge in [-0.3, -0.25) is 0 Å². The van der Waals surface area contributed by atoms with Gasteiger partial charge in [0, 0.05) is 0 Å². The highest BCUT2D eigenvalue weighted by atomic mass is 32.2. The molecule has 0 radical (unpaired) electrons. The van der Waals surface area contributed by atoms with Gasteiger partial charge < -0.3 is 5.73 Å². The second-order valence-corrected chi connectivity index (χ2v) is 5.93. The van der Waals surface area contributed by atoms with Crippen LogP contribution in [-0.2, 0) is 15.6 Å². The van der Waals surface area contributed by atoms with Crippen LogP contribution in [0.25, 0.3) is 0 Å². The highest BCUT2D eigenvalue weighted by molar-refractivity contribution is 7.89. The zero-order valence-electron chi connectivity index (χ0n) is 9.27. The predicted molar refractivity (Wildman–Crippen MR) is 57.7 cm³/mol. The molecule has 1 rings (SSSR count). The van der Waals surface area contributed by atoms with E-state index in [4.69, 9.17) is 10.9 Å². The summed E-state index contributed by atoms with van der Waals surface area (Å²) in [6, 6.07) is 0. The average molecular weight is 232 g/mol. The quantitative estimate of drug-likeness (QED) is 0.720. The Hall–Kier alpha value is -1.08. The zero-order chi connectivity index (χ0) is 12.0. The van der Waals surface area contributed by atoms with Crippen LogP contribution in [0.2, 0.25) is 0 Å². The molecule has 0 spiro atoms. The summed E-state index contributed by atoms with van der Waals surface area (Å²) >= 11 is 0. The van der Waals surface area contributed by atoms with E-state index in [1.165, 1.54) is 4.68 Å². The van der Waals surface area contributed by atoms with Crippen molar-refractivity contribution in [2.45, 2.75) is 38.1 Å². The molecule has 7 heteroatoms. The molecule has 4 N–H and O–H groups in total. The van der Waals surface area contributed by atoms with Gasteiger partial charge in [-0.2, -0.15) is 5.10 Å². The second-order valence-electron chi connectivity index (χ2n) is 4.43. The minimum atomic E-state index is -3.81. The van der Waals surface area contributed by atoms with Crippen molar-refractivity contribution in [3.8, 4) is 0 Å². The first-order valence-electron chi connectivity index (χ1n) is 4.43. The van der Waals surface area contributed by atoms with Gasteiger partial charge in [-0.05, 0) is 27.7 Å². The fraction of sp³-hybridized carbons (Fsp3) is 0.625. The summed E-state index contributed by atoms with van der Waals surface area (Å²) in [5.74, 6) is 0.0856. The van der Waals surface area contributed by atoms with E-state index in [0.717, 1.165) is 0 Å². The summed E-state index contributed by atoms with van der Waals surface area (Å²) in [6.45, 7) is 7.20. The van der Waals surface area contributed by atoms with Crippen LogP contribution in [0.1, 0.15) is 26.5 Å². The summed E-state index contributed by atoms with van der Waals surface area (Å²) in [6.07, 6.45) is 0. The summed E-state index contributed by atoms with van der Waals surface area (Å²) in [4.78, 5) is -0.0857. The van der Waals surface area contributed by atoms with E-state index in [9.17, 15) is 8.42 Å². The topological polar surface area (TPSA) is 104 Å². The number of hydrogen-bond acceptors (Lipinski definition) is 4. The lowest BCUT2D eigenvalue weighted by atomic mass is 10.1. The van der Waals surface area contributed by atoms with Gasteiger partial charge in [0.1, 0.15) is 10.7 Å². The molecule has 0 atom stereocenters. The van der Waals surface area contributed by atoms with Crippen molar-refractivity contribution in [2.75, 3.05) is 5.73 Å². The first kappa shape index (κ1) is 12.0. The molecule has 0 saturated heterocycles. The first-order chi connectivity index (χ1) is 6.55. The number of hydrogen-bond donors (Lipinski definition) is 2.